The molecule has 0 aromatic rings. The van der Waals surface area contributed by atoms with Gasteiger partial charge in [-0.1, -0.05) is 197 Å². The Kier molecular flexibility index (Phi) is 45.4. The van der Waals surface area contributed by atoms with Crippen molar-refractivity contribution in [2.45, 2.75) is 245 Å². The molecule has 0 aromatic carbocycles. The van der Waals surface area contributed by atoms with Gasteiger partial charge in [0, 0.05) is 19.3 Å². The predicted molar refractivity (Wildman–Crippen MR) is 251 cm³/mol. The van der Waals surface area contributed by atoms with Crippen LogP contribution in [-0.2, 0) is 28.6 Å². The summed E-state index contributed by atoms with van der Waals surface area (Å²) in [6.45, 7) is 6.45. The molecule has 0 saturated carbocycles. The molecule has 0 amide bonds. The maximum Gasteiger partial charge on any atom is 0.306 e. The molecule has 340 valence electrons. The van der Waals surface area contributed by atoms with E-state index in [1.807, 2.05) is 0 Å². The van der Waals surface area contributed by atoms with Crippen molar-refractivity contribution in [3.8, 4) is 0 Å². The Bertz CT molecular complexity index is 1090. The number of hydrogen-bond donors (Lipinski definition) is 0. The number of unbranched alkanes of at least 4 members (excludes halogenated alkanes) is 23. The van der Waals surface area contributed by atoms with Crippen molar-refractivity contribution in [2.75, 3.05) is 13.2 Å². The molecule has 59 heavy (non-hydrogen) atoms. The second-order valence-electron chi connectivity index (χ2n) is 16.3. The summed E-state index contributed by atoms with van der Waals surface area (Å²) in [5.41, 5.74) is 0. The van der Waals surface area contributed by atoms with E-state index in [9.17, 15) is 14.4 Å². The van der Waals surface area contributed by atoms with Crippen LogP contribution in [0.15, 0.2) is 60.8 Å². The van der Waals surface area contributed by atoms with E-state index < -0.39 is 6.10 Å². The van der Waals surface area contributed by atoms with E-state index in [1.165, 1.54) is 109 Å². The second-order valence-corrected chi connectivity index (χ2v) is 16.3. The SMILES string of the molecule is CC/C=C\C/C=C\C/C=C\CCCCCC(=O)OC(COC(=O)CCCCCCCCCCC)COC(=O)CCCCCCCCCCC/C=C\C/C=C\CCCCC. The molecule has 0 fully saturated rings. The highest BCUT2D eigenvalue weighted by Gasteiger charge is 2.19. The van der Waals surface area contributed by atoms with E-state index in [1.54, 1.807) is 0 Å². The highest BCUT2D eigenvalue weighted by atomic mass is 16.6. The third kappa shape index (κ3) is 46.0. The first kappa shape index (κ1) is 56.1. The number of allylic oxidation sites excluding steroid dienone is 10. The summed E-state index contributed by atoms with van der Waals surface area (Å²) in [4.78, 5) is 37.8. The van der Waals surface area contributed by atoms with Gasteiger partial charge >= 0.3 is 17.9 Å². The van der Waals surface area contributed by atoms with Crippen LogP contribution < -0.4 is 0 Å². The Morgan fingerprint density at radius 3 is 1.08 bits per heavy atom. The van der Waals surface area contributed by atoms with Crippen molar-refractivity contribution in [3.05, 3.63) is 60.8 Å². The highest BCUT2D eigenvalue weighted by Crippen LogP contribution is 2.14. The first-order chi connectivity index (χ1) is 29.0. The summed E-state index contributed by atoms with van der Waals surface area (Å²) in [7, 11) is 0. The fourth-order valence-electron chi connectivity index (χ4n) is 6.78. The summed E-state index contributed by atoms with van der Waals surface area (Å²) >= 11 is 0. The van der Waals surface area contributed by atoms with Gasteiger partial charge in [0.1, 0.15) is 13.2 Å². The predicted octanol–water partition coefficient (Wildman–Crippen LogP) is 16.1. The van der Waals surface area contributed by atoms with Gasteiger partial charge < -0.3 is 14.2 Å². The molecular formula is C53H92O6. The van der Waals surface area contributed by atoms with E-state index in [-0.39, 0.29) is 31.1 Å². The van der Waals surface area contributed by atoms with Crippen LogP contribution in [-0.4, -0.2) is 37.2 Å². The lowest BCUT2D eigenvalue weighted by Crippen LogP contribution is -2.30. The molecule has 6 heteroatoms. The zero-order valence-electron chi connectivity index (χ0n) is 38.8. The Balaban J connectivity index is 4.33. The number of esters is 3. The van der Waals surface area contributed by atoms with E-state index in [0.717, 1.165) is 89.9 Å². The summed E-state index contributed by atoms with van der Waals surface area (Å²) in [5, 5.41) is 0. The van der Waals surface area contributed by atoms with Gasteiger partial charge in [-0.25, -0.2) is 0 Å². The fourth-order valence-corrected chi connectivity index (χ4v) is 6.78. The van der Waals surface area contributed by atoms with Crippen molar-refractivity contribution in [3.63, 3.8) is 0 Å². The smallest absolute Gasteiger partial charge is 0.306 e. The highest BCUT2D eigenvalue weighted by molar-refractivity contribution is 5.71. The first-order valence-electron chi connectivity index (χ1n) is 24.8. The Morgan fingerprint density at radius 2 is 0.661 bits per heavy atom. The number of carbonyl (C=O) groups excluding carboxylic acids is 3. The Morgan fingerprint density at radius 1 is 0.356 bits per heavy atom. The molecule has 0 bridgehead atoms. The minimum absolute atomic E-state index is 0.0863. The third-order valence-electron chi connectivity index (χ3n) is 10.5. The van der Waals surface area contributed by atoms with Gasteiger partial charge in [-0.15, -0.1) is 0 Å². The summed E-state index contributed by atoms with van der Waals surface area (Å²) in [6.07, 6.45) is 57.8. The zero-order valence-corrected chi connectivity index (χ0v) is 38.8. The number of hydrogen-bond acceptors (Lipinski definition) is 6. The lowest BCUT2D eigenvalue weighted by molar-refractivity contribution is -0.167. The molecule has 0 N–H and O–H groups in total. The third-order valence-corrected chi connectivity index (χ3v) is 10.5. The summed E-state index contributed by atoms with van der Waals surface area (Å²) < 4.78 is 16.7. The number of rotatable bonds is 44. The van der Waals surface area contributed by atoms with Gasteiger partial charge in [0.05, 0.1) is 0 Å². The average Bonchev–Trinajstić information content (AvgIpc) is 3.23. The van der Waals surface area contributed by atoms with E-state index >= 15 is 0 Å². The molecule has 0 aliphatic heterocycles. The van der Waals surface area contributed by atoms with Gasteiger partial charge in [0.15, 0.2) is 6.10 Å². The maximum atomic E-state index is 12.7. The van der Waals surface area contributed by atoms with Crippen molar-refractivity contribution in [2.24, 2.45) is 0 Å². The average molecular weight is 825 g/mol. The van der Waals surface area contributed by atoms with Crippen molar-refractivity contribution >= 4 is 17.9 Å². The molecule has 0 aliphatic carbocycles. The molecule has 0 aliphatic rings. The van der Waals surface area contributed by atoms with E-state index in [0.29, 0.717) is 19.3 Å². The van der Waals surface area contributed by atoms with Gasteiger partial charge in [-0.05, 0) is 83.5 Å². The van der Waals surface area contributed by atoms with Gasteiger partial charge in [0.2, 0.25) is 0 Å². The zero-order chi connectivity index (χ0) is 43.0. The molecule has 0 radical (unpaired) electrons. The standard InChI is InChI=1S/C53H92O6/c1-4-7-10-13-16-19-21-23-24-25-26-27-28-30-31-34-37-40-43-46-52(55)58-49-50(48-57-51(54)45-42-39-36-33-18-15-12-9-6-3)59-53(56)47-44-41-38-35-32-29-22-20-17-14-11-8-5-2/h8,11,16-17,19-20,23-24,29,32,50H,4-7,9-10,12-15,18,21-22,25-28,30-31,33-49H2,1-3H3/b11-8-,19-16-,20-17-,24-23-,32-29-. The molecule has 0 heterocycles. The second kappa shape index (κ2) is 47.8. The first-order valence-corrected chi connectivity index (χ1v) is 24.8. The molecule has 0 saturated heterocycles. The lowest BCUT2D eigenvalue weighted by Gasteiger charge is -2.18. The fraction of sp³-hybridized carbons (Fsp3) is 0.755. The lowest BCUT2D eigenvalue weighted by atomic mass is 10.1. The normalized spacial score (nSPS) is 12.5. The molecular weight excluding hydrogens is 733 g/mol. The number of ether oxygens (including phenoxy) is 3. The summed E-state index contributed by atoms with van der Waals surface area (Å²) in [6, 6.07) is 0. The maximum absolute atomic E-state index is 12.7. The number of carbonyl (C=O) groups is 3. The van der Waals surface area contributed by atoms with Crippen LogP contribution in [0.2, 0.25) is 0 Å². The monoisotopic (exact) mass is 825 g/mol. The van der Waals surface area contributed by atoms with Gasteiger partial charge in [-0.3, -0.25) is 14.4 Å². The van der Waals surface area contributed by atoms with Crippen LogP contribution in [0.25, 0.3) is 0 Å². The van der Waals surface area contributed by atoms with Crippen molar-refractivity contribution in [1.82, 2.24) is 0 Å². The molecule has 0 aromatic heterocycles. The van der Waals surface area contributed by atoms with Crippen LogP contribution in [0.5, 0.6) is 0 Å². The van der Waals surface area contributed by atoms with Crippen LogP contribution in [0, 0.1) is 0 Å². The van der Waals surface area contributed by atoms with Crippen molar-refractivity contribution < 1.29 is 28.6 Å². The van der Waals surface area contributed by atoms with Crippen LogP contribution >= 0.6 is 0 Å². The van der Waals surface area contributed by atoms with Crippen molar-refractivity contribution in [1.29, 1.82) is 0 Å². The van der Waals surface area contributed by atoms with Gasteiger partial charge in [-0.2, -0.15) is 0 Å². The minimum atomic E-state index is -0.787. The van der Waals surface area contributed by atoms with Crippen LogP contribution in [0.4, 0.5) is 0 Å². The minimum Gasteiger partial charge on any atom is -0.462 e. The molecule has 1 atom stereocenters. The molecule has 1 unspecified atom stereocenters. The van der Waals surface area contributed by atoms with E-state index in [2.05, 4.69) is 81.5 Å². The van der Waals surface area contributed by atoms with Crippen LogP contribution in [0.1, 0.15) is 239 Å². The summed E-state index contributed by atoms with van der Waals surface area (Å²) in [5.74, 6) is -0.922. The largest absolute Gasteiger partial charge is 0.462 e. The quantitative estimate of drug-likeness (QED) is 0.0263. The molecule has 0 rings (SSSR count). The Hall–Kier alpha value is -2.89. The van der Waals surface area contributed by atoms with E-state index in [4.69, 9.17) is 14.2 Å². The Labute approximate surface area is 364 Å². The van der Waals surface area contributed by atoms with Gasteiger partial charge in [0.25, 0.3) is 0 Å². The van der Waals surface area contributed by atoms with Crippen LogP contribution in [0.3, 0.4) is 0 Å². The molecule has 6 nitrogen and oxygen atoms in total. The molecule has 0 spiro atoms. The topological polar surface area (TPSA) is 78.9 Å².